The fraction of sp³-hybridized carbons (Fsp3) is 0.333. The lowest BCUT2D eigenvalue weighted by Crippen LogP contribution is -1.98. The molecule has 0 spiro atoms. The Morgan fingerprint density at radius 2 is 2.26 bits per heavy atom. The van der Waals surface area contributed by atoms with E-state index in [1.807, 2.05) is 0 Å². The van der Waals surface area contributed by atoms with Crippen LogP contribution in [0.25, 0.3) is 11.3 Å². The van der Waals surface area contributed by atoms with E-state index >= 15 is 0 Å². The third-order valence-electron chi connectivity index (χ3n) is 3.24. The number of aromatic nitrogens is 1. The van der Waals surface area contributed by atoms with Crippen LogP contribution in [0.1, 0.15) is 21.0 Å². The minimum Gasteiger partial charge on any atom is -0.492 e. The first-order chi connectivity index (χ1) is 9.19. The molecule has 0 saturated heterocycles. The van der Waals surface area contributed by atoms with Crippen molar-refractivity contribution in [1.82, 2.24) is 4.98 Å². The van der Waals surface area contributed by atoms with E-state index in [0.29, 0.717) is 13.0 Å². The summed E-state index contributed by atoms with van der Waals surface area (Å²) in [6.45, 7) is 4.84. The molecule has 0 fully saturated rings. The van der Waals surface area contributed by atoms with Gasteiger partial charge in [-0.2, -0.15) is 5.26 Å². The highest BCUT2D eigenvalue weighted by molar-refractivity contribution is 7.12. The van der Waals surface area contributed by atoms with Crippen molar-refractivity contribution in [2.24, 2.45) is 0 Å². The zero-order chi connectivity index (χ0) is 13.4. The van der Waals surface area contributed by atoms with Gasteiger partial charge in [-0.25, -0.2) is 4.98 Å². The second kappa shape index (κ2) is 4.67. The number of ether oxygens (including phenoxy) is 1. The number of thiazole rings is 1. The van der Waals surface area contributed by atoms with E-state index in [9.17, 15) is 0 Å². The average Bonchev–Trinajstić information content (AvgIpc) is 2.64. The Morgan fingerprint density at radius 1 is 1.42 bits per heavy atom. The zero-order valence-corrected chi connectivity index (χ0v) is 11.8. The smallest absolute Gasteiger partial charge is 0.129 e. The lowest BCUT2D eigenvalue weighted by atomic mass is 10.0. The molecular weight excluding hydrogens is 256 g/mol. The molecular formula is C15H14N2OS. The Morgan fingerprint density at radius 3 is 3.05 bits per heavy atom. The van der Waals surface area contributed by atoms with Crippen LogP contribution in [-0.2, 0) is 12.8 Å². The molecule has 4 heteroatoms. The Balaban J connectivity index is 2.21. The number of rotatable bonds is 1. The molecule has 0 radical (unpaired) electrons. The molecule has 96 valence electrons. The van der Waals surface area contributed by atoms with E-state index in [-0.39, 0.29) is 0 Å². The van der Waals surface area contributed by atoms with E-state index in [0.717, 1.165) is 28.4 Å². The first kappa shape index (κ1) is 12.2. The fourth-order valence-electron chi connectivity index (χ4n) is 2.51. The molecule has 1 aromatic heterocycles. The van der Waals surface area contributed by atoms with Gasteiger partial charge >= 0.3 is 0 Å². The summed E-state index contributed by atoms with van der Waals surface area (Å²) in [4.78, 5) is 5.88. The maximum Gasteiger partial charge on any atom is 0.129 e. The van der Waals surface area contributed by atoms with Crippen LogP contribution in [0.4, 0.5) is 0 Å². The van der Waals surface area contributed by atoms with Gasteiger partial charge in [-0.1, -0.05) is 6.07 Å². The van der Waals surface area contributed by atoms with Crippen LogP contribution in [0.3, 0.4) is 0 Å². The van der Waals surface area contributed by atoms with Crippen molar-refractivity contribution in [3.05, 3.63) is 33.1 Å². The van der Waals surface area contributed by atoms with E-state index in [2.05, 4.69) is 37.0 Å². The van der Waals surface area contributed by atoms with Crippen molar-refractivity contribution < 1.29 is 4.74 Å². The second-order valence-electron chi connectivity index (χ2n) is 4.77. The summed E-state index contributed by atoms with van der Waals surface area (Å²) in [5, 5.41) is 9.72. The monoisotopic (exact) mass is 270 g/mol. The molecule has 1 aliphatic heterocycles. The van der Waals surface area contributed by atoms with Gasteiger partial charge in [0.05, 0.1) is 24.8 Å². The number of benzene rings is 1. The maximum atomic E-state index is 8.81. The van der Waals surface area contributed by atoms with Gasteiger partial charge < -0.3 is 4.74 Å². The molecule has 19 heavy (non-hydrogen) atoms. The summed E-state index contributed by atoms with van der Waals surface area (Å²) in [6.07, 6.45) is 1.25. The van der Waals surface area contributed by atoms with Crippen LogP contribution in [0.2, 0.25) is 0 Å². The topological polar surface area (TPSA) is 45.9 Å². The van der Waals surface area contributed by atoms with Gasteiger partial charge in [0.1, 0.15) is 10.8 Å². The van der Waals surface area contributed by atoms with Crippen LogP contribution in [0, 0.1) is 25.2 Å². The second-order valence-corrected chi connectivity index (χ2v) is 5.94. The third-order valence-corrected chi connectivity index (χ3v) is 4.35. The highest BCUT2D eigenvalue weighted by Crippen LogP contribution is 2.40. The molecule has 2 aromatic rings. The predicted octanol–water partition coefficient (Wildman–Crippen LogP) is 3.43. The standard InChI is InChI=1S/C15H14N2OS/c1-9-7-10(2)14-11(8-9)18-6-4-12-15(14)17-13(19-12)3-5-16/h7-8H,3-4,6H2,1-2H3. The SMILES string of the molecule is Cc1cc(C)c2c(c1)OCCc1sc(CC#N)nc1-2. The van der Waals surface area contributed by atoms with Crippen molar-refractivity contribution in [3.63, 3.8) is 0 Å². The van der Waals surface area contributed by atoms with Gasteiger partial charge in [-0.05, 0) is 31.0 Å². The van der Waals surface area contributed by atoms with E-state index in [1.165, 1.54) is 16.0 Å². The summed E-state index contributed by atoms with van der Waals surface area (Å²) in [7, 11) is 0. The van der Waals surface area contributed by atoms with Crippen molar-refractivity contribution in [2.45, 2.75) is 26.7 Å². The summed E-state index contributed by atoms with van der Waals surface area (Å²) in [5.41, 5.74) is 4.50. The number of fused-ring (bicyclic) bond motifs is 3. The lowest BCUT2D eigenvalue weighted by molar-refractivity contribution is 0.327. The number of nitriles is 1. The molecule has 1 aliphatic rings. The van der Waals surface area contributed by atoms with Crippen molar-refractivity contribution >= 4 is 11.3 Å². The normalized spacial score (nSPS) is 12.9. The van der Waals surface area contributed by atoms with E-state index < -0.39 is 0 Å². The Bertz CT molecular complexity index is 682. The van der Waals surface area contributed by atoms with Crippen molar-refractivity contribution in [1.29, 1.82) is 5.26 Å². The Hall–Kier alpha value is -1.86. The molecule has 0 N–H and O–H groups in total. The predicted molar refractivity (Wildman–Crippen MR) is 75.5 cm³/mol. The Kier molecular flexibility index (Phi) is 3.00. The first-order valence-corrected chi connectivity index (χ1v) is 7.10. The Labute approximate surface area is 116 Å². The number of hydrogen-bond acceptors (Lipinski definition) is 4. The van der Waals surface area contributed by atoms with Crippen LogP contribution in [0.5, 0.6) is 5.75 Å². The zero-order valence-electron chi connectivity index (χ0n) is 11.0. The van der Waals surface area contributed by atoms with Gasteiger partial charge in [0, 0.05) is 16.9 Å². The summed E-state index contributed by atoms with van der Waals surface area (Å²) in [5.74, 6) is 0.921. The molecule has 0 unspecified atom stereocenters. The van der Waals surface area contributed by atoms with Crippen molar-refractivity contribution in [3.8, 4) is 23.1 Å². The number of nitrogens with zero attached hydrogens (tertiary/aromatic N) is 2. The molecule has 0 saturated carbocycles. The molecule has 1 aromatic carbocycles. The van der Waals surface area contributed by atoms with Gasteiger partial charge in [-0.15, -0.1) is 11.3 Å². The van der Waals surface area contributed by atoms with Crippen LogP contribution in [0.15, 0.2) is 12.1 Å². The van der Waals surface area contributed by atoms with Crippen LogP contribution >= 0.6 is 11.3 Å². The first-order valence-electron chi connectivity index (χ1n) is 6.29. The highest BCUT2D eigenvalue weighted by Gasteiger charge is 2.22. The number of aryl methyl sites for hydroxylation is 2. The van der Waals surface area contributed by atoms with Gasteiger partial charge in [-0.3, -0.25) is 0 Å². The van der Waals surface area contributed by atoms with Gasteiger partial charge in [0.15, 0.2) is 0 Å². The van der Waals surface area contributed by atoms with Gasteiger partial charge in [0.2, 0.25) is 0 Å². The molecule has 3 rings (SSSR count). The highest BCUT2D eigenvalue weighted by atomic mass is 32.1. The fourth-order valence-corrected chi connectivity index (χ4v) is 3.50. The molecule has 0 amide bonds. The lowest BCUT2D eigenvalue weighted by Gasteiger charge is -2.11. The molecule has 0 atom stereocenters. The van der Waals surface area contributed by atoms with Crippen molar-refractivity contribution in [2.75, 3.05) is 6.61 Å². The molecule has 2 heterocycles. The average molecular weight is 270 g/mol. The number of hydrogen-bond donors (Lipinski definition) is 0. The summed E-state index contributed by atoms with van der Waals surface area (Å²) >= 11 is 1.64. The quantitative estimate of drug-likeness (QED) is 0.797. The molecule has 0 aliphatic carbocycles. The third kappa shape index (κ3) is 2.11. The van der Waals surface area contributed by atoms with Crippen LogP contribution in [-0.4, -0.2) is 11.6 Å². The summed E-state index contributed by atoms with van der Waals surface area (Å²) < 4.78 is 5.85. The molecule has 3 nitrogen and oxygen atoms in total. The summed E-state index contributed by atoms with van der Waals surface area (Å²) in [6, 6.07) is 6.40. The van der Waals surface area contributed by atoms with E-state index in [4.69, 9.17) is 10.00 Å². The van der Waals surface area contributed by atoms with Crippen LogP contribution < -0.4 is 4.74 Å². The largest absolute Gasteiger partial charge is 0.492 e. The van der Waals surface area contributed by atoms with E-state index in [1.54, 1.807) is 11.3 Å². The maximum absolute atomic E-state index is 8.81. The minimum atomic E-state index is 0.388. The van der Waals surface area contributed by atoms with Gasteiger partial charge in [0.25, 0.3) is 0 Å². The molecule has 0 bridgehead atoms. The minimum absolute atomic E-state index is 0.388.